The molecule has 8 nitrogen and oxygen atoms in total. The van der Waals surface area contributed by atoms with E-state index in [4.69, 9.17) is 30.5 Å². The van der Waals surface area contributed by atoms with Crippen molar-refractivity contribution in [2.24, 2.45) is 0 Å². The summed E-state index contributed by atoms with van der Waals surface area (Å²) in [5.41, 5.74) is 2.78. The number of carbonyl (C=O) groups is 1. The number of aldehydes is 1. The van der Waals surface area contributed by atoms with Gasteiger partial charge in [-0.2, -0.15) is 0 Å². The zero-order valence-electron chi connectivity index (χ0n) is 16.0. The minimum absolute atomic E-state index is 0.0126. The number of rotatable bonds is 5. The second-order valence-corrected chi connectivity index (χ2v) is 8.65. The molecule has 10 heteroatoms. The molecule has 4 rings (SSSR count). The molecular weight excluding hydrogens is 415 g/mol. The number of nitrogens with one attached hydrogen (secondary N) is 1. The first-order valence-electron chi connectivity index (χ1n) is 9.24. The summed E-state index contributed by atoms with van der Waals surface area (Å²) >= 11 is 5.19. The Morgan fingerprint density at radius 1 is 1.38 bits per heavy atom. The third-order valence-corrected chi connectivity index (χ3v) is 6.22. The van der Waals surface area contributed by atoms with Crippen LogP contribution in [0.1, 0.15) is 46.1 Å². The highest BCUT2D eigenvalue weighted by atomic mass is 32.1. The summed E-state index contributed by atoms with van der Waals surface area (Å²) in [6.45, 7) is 4.83. The summed E-state index contributed by atoms with van der Waals surface area (Å²) in [4.78, 5) is 25.2. The number of carbonyl (C=O) groups excluding carboxylic acids is 1. The van der Waals surface area contributed by atoms with Gasteiger partial charge in [-0.05, 0) is 44.5 Å². The Hall–Kier alpha value is -1.90. The first-order chi connectivity index (χ1) is 13.9. The largest absolute Gasteiger partial charge is 0.426 e. The normalized spacial score (nSPS) is 23.4. The molecule has 2 aliphatic heterocycles. The lowest BCUT2D eigenvalue weighted by Crippen LogP contribution is -2.22. The van der Waals surface area contributed by atoms with E-state index < -0.39 is 14.2 Å². The minimum atomic E-state index is -1.49. The molecule has 1 fully saturated rings. The fourth-order valence-corrected chi connectivity index (χ4v) is 4.91. The van der Waals surface area contributed by atoms with Crippen molar-refractivity contribution in [2.75, 3.05) is 6.61 Å². The maximum atomic E-state index is 11.7. The molecule has 0 aliphatic carbocycles. The number of nitrogens with zero attached hydrogens (tertiary/aromatic N) is 1. The highest BCUT2D eigenvalue weighted by Gasteiger charge is 2.31. The fourth-order valence-electron chi connectivity index (χ4n) is 3.52. The van der Waals surface area contributed by atoms with E-state index in [1.54, 1.807) is 4.57 Å². The lowest BCUT2D eigenvalue weighted by molar-refractivity contribution is -0.0221. The molecule has 3 heterocycles. The number of aryl methyl sites for hydroxylation is 2. The molecule has 1 aromatic carbocycles. The van der Waals surface area contributed by atoms with Crippen LogP contribution in [0, 0.1) is 18.6 Å². The predicted molar refractivity (Wildman–Crippen MR) is 109 cm³/mol. The van der Waals surface area contributed by atoms with Crippen LogP contribution in [0.25, 0.3) is 0 Å². The lowest BCUT2D eigenvalue weighted by atomic mass is 10.1. The smallest absolute Gasteiger partial charge is 0.397 e. The predicted octanol–water partition coefficient (Wildman–Crippen LogP) is 3.87. The van der Waals surface area contributed by atoms with Crippen LogP contribution < -0.4 is 10.1 Å². The van der Waals surface area contributed by atoms with Crippen LogP contribution in [0.3, 0.4) is 0 Å². The van der Waals surface area contributed by atoms with Gasteiger partial charge in [0.2, 0.25) is 0 Å². The Morgan fingerprint density at radius 2 is 2.21 bits per heavy atom. The second kappa shape index (κ2) is 8.45. The Bertz CT molecular complexity index is 1050. The number of H-pyrrole nitrogens is 1. The molecule has 154 valence electrons. The third kappa shape index (κ3) is 4.34. The second-order valence-electron chi connectivity index (χ2n) is 7.11. The van der Waals surface area contributed by atoms with Crippen molar-refractivity contribution in [2.45, 2.75) is 45.6 Å². The van der Waals surface area contributed by atoms with Crippen LogP contribution in [-0.2, 0) is 20.4 Å². The molecular formula is C19H21N2O6PS. The number of hydrogen-bond acceptors (Lipinski definition) is 7. The lowest BCUT2D eigenvalue weighted by Gasteiger charge is -2.26. The van der Waals surface area contributed by atoms with E-state index in [1.165, 1.54) is 11.8 Å². The van der Waals surface area contributed by atoms with Crippen LogP contribution in [0.2, 0.25) is 0 Å². The first-order valence-corrected chi connectivity index (χ1v) is 10.7. The quantitative estimate of drug-likeness (QED) is 0.432. The van der Waals surface area contributed by atoms with Crippen LogP contribution in [0.15, 0.2) is 23.1 Å². The molecule has 1 saturated heterocycles. The Kier molecular flexibility index (Phi) is 5.94. The number of fused-ring (bicyclic) bond motifs is 1. The molecule has 3 unspecified atom stereocenters. The molecule has 2 aromatic rings. The van der Waals surface area contributed by atoms with Crippen LogP contribution in [0.4, 0.5) is 0 Å². The fraction of sp³-hybridized carbons (Fsp3) is 0.421. The summed E-state index contributed by atoms with van der Waals surface area (Å²) in [5.74, 6) is 0.833. The van der Waals surface area contributed by atoms with Crippen molar-refractivity contribution in [3.05, 3.63) is 55.7 Å². The van der Waals surface area contributed by atoms with Crippen LogP contribution >= 0.6 is 20.8 Å². The standard InChI is InChI=1S/C19H21N2O6PS/c1-11-5-12(2)17-13(6-11)9-24-28(27-17)25-10-15-3-4-16(26-15)21-7-14(8-22)18(23)20-19(21)29/h5-8,15-16H,3-4,9-10H2,1-2H3,(H,20,23,29). The first kappa shape index (κ1) is 20.4. The number of benzene rings is 1. The minimum Gasteiger partial charge on any atom is -0.426 e. The molecule has 0 bridgehead atoms. The Morgan fingerprint density at radius 3 is 3.00 bits per heavy atom. The van der Waals surface area contributed by atoms with Crippen LogP contribution in [0.5, 0.6) is 5.75 Å². The molecule has 29 heavy (non-hydrogen) atoms. The van der Waals surface area contributed by atoms with Crippen molar-refractivity contribution < 1.29 is 23.1 Å². The zero-order chi connectivity index (χ0) is 20.5. The maximum Gasteiger partial charge on any atom is 0.397 e. The molecule has 0 saturated carbocycles. The summed E-state index contributed by atoms with van der Waals surface area (Å²) < 4.78 is 25.3. The monoisotopic (exact) mass is 436 g/mol. The summed E-state index contributed by atoms with van der Waals surface area (Å²) in [6.07, 6.45) is 2.85. The van der Waals surface area contributed by atoms with E-state index in [2.05, 4.69) is 17.1 Å². The number of ether oxygens (including phenoxy) is 1. The van der Waals surface area contributed by atoms with Gasteiger partial charge in [-0.25, -0.2) is 0 Å². The topological polar surface area (TPSA) is 91.8 Å². The number of aromatic nitrogens is 2. The van der Waals surface area contributed by atoms with E-state index >= 15 is 0 Å². The zero-order valence-corrected chi connectivity index (χ0v) is 17.8. The summed E-state index contributed by atoms with van der Waals surface area (Å²) in [6, 6.07) is 4.13. The highest BCUT2D eigenvalue weighted by Crippen LogP contribution is 2.49. The Balaban J connectivity index is 1.36. The van der Waals surface area contributed by atoms with E-state index in [1.807, 2.05) is 13.8 Å². The van der Waals surface area contributed by atoms with Gasteiger partial charge in [0.15, 0.2) is 11.1 Å². The molecule has 1 aromatic heterocycles. The van der Waals surface area contributed by atoms with E-state index in [-0.39, 0.29) is 22.7 Å². The third-order valence-electron chi connectivity index (χ3n) is 4.87. The number of hydrogen-bond donors (Lipinski definition) is 1. The van der Waals surface area contributed by atoms with Gasteiger partial charge in [-0.1, -0.05) is 17.7 Å². The summed E-state index contributed by atoms with van der Waals surface area (Å²) in [7, 11) is -1.49. The molecule has 0 spiro atoms. The number of aromatic amines is 1. The van der Waals surface area contributed by atoms with Gasteiger partial charge in [0.1, 0.15) is 12.0 Å². The molecule has 2 aliphatic rings. The molecule has 0 radical (unpaired) electrons. The van der Waals surface area contributed by atoms with E-state index in [9.17, 15) is 9.59 Å². The van der Waals surface area contributed by atoms with Crippen molar-refractivity contribution in [3.8, 4) is 5.75 Å². The molecule has 1 N–H and O–H groups in total. The average Bonchev–Trinajstić information content (AvgIpc) is 3.15. The van der Waals surface area contributed by atoms with Gasteiger partial charge < -0.3 is 9.26 Å². The van der Waals surface area contributed by atoms with Gasteiger partial charge in [0.05, 0.1) is 24.9 Å². The van der Waals surface area contributed by atoms with Gasteiger partial charge in [0, 0.05) is 11.8 Å². The molecule has 0 amide bonds. The van der Waals surface area contributed by atoms with Crippen molar-refractivity contribution >= 4 is 27.1 Å². The van der Waals surface area contributed by atoms with E-state index in [0.717, 1.165) is 23.3 Å². The maximum absolute atomic E-state index is 11.7. The van der Waals surface area contributed by atoms with Gasteiger partial charge >= 0.3 is 8.60 Å². The van der Waals surface area contributed by atoms with Gasteiger partial charge in [0.25, 0.3) is 5.56 Å². The van der Waals surface area contributed by atoms with E-state index in [0.29, 0.717) is 25.9 Å². The Labute approximate surface area is 173 Å². The van der Waals surface area contributed by atoms with Crippen molar-refractivity contribution in [1.82, 2.24) is 9.55 Å². The van der Waals surface area contributed by atoms with Gasteiger partial charge in [-0.15, -0.1) is 0 Å². The van der Waals surface area contributed by atoms with Crippen molar-refractivity contribution in [3.63, 3.8) is 0 Å². The average molecular weight is 436 g/mol. The summed E-state index contributed by atoms with van der Waals surface area (Å²) in [5, 5.41) is 0. The van der Waals surface area contributed by atoms with Crippen molar-refractivity contribution in [1.29, 1.82) is 0 Å². The van der Waals surface area contributed by atoms with Crippen LogP contribution in [-0.4, -0.2) is 28.5 Å². The highest BCUT2D eigenvalue weighted by molar-refractivity contribution is 7.71. The SMILES string of the molecule is Cc1cc(C)c2c(c1)COP(OCC1CCC(n3cc(C=O)c(=O)[nH]c3=S)O1)O2. The molecule has 3 atom stereocenters. The van der Waals surface area contributed by atoms with Gasteiger partial charge in [-0.3, -0.25) is 28.2 Å².